The van der Waals surface area contributed by atoms with Gasteiger partial charge in [0.2, 0.25) is 0 Å². The fraction of sp³-hybridized carbons (Fsp3) is 0.700. The van der Waals surface area contributed by atoms with Gasteiger partial charge in [-0.25, -0.2) is 0 Å². The molecule has 0 aliphatic rings. The summed E-state index contributed by atoms with van der Waals surface area (Å²) < 4.78 is 0. The number of nitrogens with zero attached hydrogens (tertiary/aromatic N) is 2. The first-order valence-corrected chi connectivity index (χ1v) is 4.80. The molecule has 0 unspecified atom stereocenters. The molecular formula is C10H20N3+. The Morgan fingerprint density at radius 3 is 2.54 bits per heavy atom. The zero-order valence-electron chi connectivity index (χ0n) is 8.71. The second-order valence-corrected chi connectivity index (χ2v) is 2.88. The van der Waals surface area contributed by atoms with Gasteiger partial charge in [-0.2, -0.15) is 4.85 Å². The smallest absolute Gasteiger partial charge is 0.304 e. The molecule has 0 aliphatic carbocycles. The quantitative estimate of drug-likeness (QED) is 0.605. The lowest BCUT2D eigenvalue weighted by atomic mass is 10.3. The van der Waals surface area contributed by atoms with Crippen molar-refractivity contribution in [2.45, 2.75) is 20.3 Å². The first-order valence-electron chi connectivity index (χ1n) is 4.80. The van der Waals surface area contributed by atoms with Gasteiger partial charge < -0.3 is 4.90 Å². The van der Waals surface area contributed by atoms with Crippen LogP contribution in [0.15, 0.2) is 12.4 Å². The minimum absolute atomic E-state index is 0.555. The van der Waals surface area contributed by atoms with E-state index >= 15 is 0 Å². The van der Waals surface area contributed by atoms with Crippen molar-refractivity contribution in [3.05, 3.63) is 17.2 Å². The molecule has 0 amide bonds. The van der Waals surface area contributed by atoms with Crippen LogP contribution in [0.3, 0.4) is 0 Å². The van der Waals surface area contributed by atoms with Crippen LogP contribution in [-0.4, -0.2) is 31.1 Å². The third-order valence-corrected chi connectivity index (χ3v) is 2.03. The van der Waals surface area contributed by atoms with Crippen molar-refractivity contribution >= 4 is 0 Å². The second-order valence-electron chi connectivity index (χ2n) is 2.88. The number of hydrogen-bond acceptors (Lipinski definition) is 2. The first kappa shape index (κ1) is 12.0. The standard InChI is InChI=1S/C10H20N3/c1-5-13(6-2)9-7-8-12-10(3)11-4/h4,12H,3,5-9H2,1-2H3/q+1. The highest BCUT2D eigenvalue weighted by Gasteiger charge is 2.01. The Balaban J connectivity index is 3.35. The van der Waals surface area contributed by atoms with Gasteiger partial charge in [-0.1, -0.05) is 13.8 Å². The van der Waals surface area contributed by atoms with Crippen LogP contribution < -0.4 is 5.32 Å². The maximum atomic E-state index is 5.02. The lowest BCUT2D eigenvalue weighted by Gasteiger charge is -2.16. The van der Waals surface area contributed by atoms with E-state index < -0.39 is 0 Å². The van der Waals surface area contributed by atoms with Gasteiger partial charge >= 0.3 is 5.82 Å². The van der Waals surface area contributed by atoms with Crippen LogP contribution in [0.25, 0.3) is 4.85 Å². The van der Waals surface area contributed by atoms with E-state index in [-0.39, 0.29) is 0 Å². The third kappa shape index (κ3) is 6.18. The summed E-state index contributed by atoms with van der Waals surface area (Å²) in [5, 5.41) is 3.02. The highest BCUT2D eigenvalue weighted by Crippen LogP contribution is 1.91. The van der Waals surface area contributed by atoms with Crippen LogP contribution in [0.2, 0.25) is 0 Å². The summed E-state index contributed by atoms with van der Waals surface area (Å²) in [5.74, 6) is 0.555. The molecule has 74 valence electrons. The number of hydrogen-bond donors (Lipinski definition) is 1. The molecule has 3 nitrogen and oxygen atoms in total. The summed E-state index contributed by atoms with van der Waals surface area (Å²) in [5.41, 5.74) is 0. The topological polar surface area (TPSA) is 19.6 Å². The van der Waals surface area contributed by atoms with Crippen molar-refractivity contribution in [1.82, 2.24) is 10.2 Å². The van der Waals surface area contributed by atoms with Gasteiger partial charge in [0.1, 0.15) is 6.57 Å². The van der Waals surface area contributed by atoms with Crippen molar-refractivity contribution in [3.8, 4) is 6.57 Å². The van der Waals surface area contributed by atoms with Gasteiger partial charge in [-0.15, -0.1) is 0 Å². The lowest BCUT2D eigenvalue weighted by molar-refractivity contribution is 0.299. The molecule has 13 heavy (non-hydrogen) atoms. The lowest BCUT2D eigenvalue weighted by Crippen LogP contribution is -2.26. The molecule has 0 atom stereocenters. The fourth-order valence-corrected chi connectivity index (χ4v) is 1.12. The van der Waals surface area contributed by atoms with E-state index in [1.807, 2.05) is 0 Å². The average molecular weight is 182 g/mol. The fourth-order valence-electron chi connectivity index (χ4n) is 1.12. The summed E-state index contributed by atoms with van der Waals surface area (Å²) in [4.78, 5) is 5.81. The zero-order chi connectivity index (χ0) is 10.1. The maximum absolute atomic E-state index is 5.02. The number of rotatable bonds is 7. The van der Waals surface area contributed by atoms with Crippen LogP contribution >= 0.6 is 0 Å². The monoisotopic (exact) mass is 182 g/mol. The SMILES string of the molecule is C#[N+]C(=C)NCCCN(CC)CC. The van der Waals surface area contributed by atoms with Gasteiger partial charge in [-0.05, 0) is 19.5 Å². The molecule has 0 aromatic carbocycles. The van der Waals surface area contributed by atoms with Crippen LogP contribution in [0.4, 0.5) is 0 Å². The molecule has 0 aliphatic heterocycles. The van der Waals surface area contributed by atoms with Gasteiger partial charge in [0.05, 0.1) is 6.54 Å². The Bertz CT molecular complexity index is 177. The summed E-state index contributed by atoms with van der Waals surface area (Å²) >= 11 is 0. The van der Waals surface area contributed by atoms with E-state index in [0.717, 1.165) is 32.6 Å². The van der Waals surface area contributed by atoms with Crippen molar-refractivity contribution in [1.29, 1.82) is 0 Å². The second kappa shape index (κ2) is 7.63. The van der Waals surface area contributed by atoms with Crippen molar-refractivity contribution in [2.24, 2.45) is 0 Å². The molecule has 0 saturated heterocycles. The molecular weight excluding hydrogens is 162 g/mol. The molecule has 0 rings (SSSR count). The summed E-state index contributed by atoms with van der Waals surface area (Å²) in [6.07, 6.45) is 1.09. The Labute approximate surface area is 81.2 Å². The number of nitrogens with one attached hydrogen (secondary N) is 1. The van der Waals surface area contributed by atoms with Crippen molar-refractivity contribution in [2.75, 3.05) is 26.2 Å². The van der Waals surface area contributed by atoms with Gasteiger partial charge in [0.15, 0.2) is 0 Å². The zero-order valence-corrected chi connectivity index (χ0v) is 8.71. The van der Waals surface area contributed by atoms with Gasteiger partial charge in [0.25, 0.3) is 0 Å². The summed E-state index contributed by atoms with van der Waals surface area (Å²) in [7, 11) is 0. The Morgan fingerprint density at radius 1 is 1.46 bits per heavy atom. The minimum Gasteiger partial charge on any atom is -0.304 e. The molecule has 0 heterocycles. The molecule has 0 fully saturated rings. The molecule has 3 heteroatoms. The van der Waals surface area contributed by atoms with Gasteiger partial charge in [0, 0.05) is 13.1 Å². The largest absolute Gasteiger partial charge is 0.371 e. The van der Waals surface area contributed by atoms with E-state index in [9.17, 15) is 0 Å². The molecule has 0 saturated carbocycles. The first-order chi connectivity index (χ1) is 6.24. The van der Waals surface area contributed by atoms with E-state index in [1.54, 1.807) is 0 Å². The highest BCUT2D eigenvalue weighted by atomic mass is 15.1. The van der Waals surface area contributed by atoms with E-state index in [0.29, 0.717) is 5.82 Å². The normalized spacial score (nSPS) is 9.69. The minimum atomic E-state index is 0.555. The maximum Gasteiger partial charge on any atom is 0.371 e. The Morgan fingerprint density at radius 2 is 2.08 bits per heavy atom. The summed E-state index contributed by atoms with van der Waals surface area (Å²) in [6.45, 7) is 17.2. The van der Waals surface area contributed by atoms with E-state index in [2.05, 4.69) is 35.5 Å². The Kier molecular flexibility index (Phi) is 7.04. The predicted molar refractivity (Wildman–Crippen MR) is 57.9 cm³/mol. The Hall–Kier alpha value is -1.01. The van der Waals surface area contributed by atoms with Crippen LogP contribution in [-0.2, 0) is 0 Å². The molecule has 0 bridgehead atoms. The predicted octanol–water partition coefficient (Wildman–Crippen LogP) is 1.74. The van der Waals surface area contributed by atoms with Crippen molar-refractivity contribution in [3.63, 3.8) is 0 Å². The van der Waals surface area contributed by atoms with Crippen molar-refractivity contribution < 1.29 is 0 Å². The average Bonchev–Trinajstić information content (AvgIpc) is 2.18. The molecule has 0 aromatic heterocycles. The molecule has 0 aromatic rings. The third-order valence-electron chi connectivity index (χ3n) is 2.03. The van der Waals surface area contributed by atoms with Crippen LogP contribution in [0, 0.1) is 6.57 Å². The molecule has 0 spiro atoms. The van der Waals surface area contributed by atoms with E-state index in [1.165, 1.54) is 0 Å². The summed E-state index contributed by atoms with van der Waals surface area (Å²) in [6, 6.07) is 0. The van der Waals surface area contributed by atoms with E-state index in [4.69, 9.17) is 6.57 Å². The highest BCUT2D eigenvalue weighted by molar-refractivity contribution is 5.02. The molecule has 0 radical (unpaired) electrons. The molecule has 1 N–H and O–H groups in total. The van der Waals surface area contributed by atoms with Gasteiger partial charge in [-0.3, -0.25) is 5.32 Å². The van der Waals surface area contributed by atoms with Crippen LogP contribution in [0.5, 0.6) is 0 Å². The van der Waals surface area contributed by atoms with Crippen LogP contribution in [0.1, 0.15) is 20.3 Å².